The lowest BCUT2D eigenvalue weighted by Gasteiger charge is -2.12. The van der Waals surface area contributed by atoms with Crippen molar-refractivity contribution in [1.82, 2.24) is 0 Å². The lowest BCUT2D eigenvalue weighted by atomic mass is 10.1. The maximum absolute atomic E-state index is 12.5. The summed E-state index contributed by atoms with van der Waals surface area (Å²) in [6, 6.07) is 12.5. The minimum atomic E-state index is -0.667. The summed E-state index contributed by atoms with van der Waals surface area (Å²) in [6.45, 7) is 4.94. The van der Waals surface area contributed by atoms with Crippen molar-refractivity contribution in [3.05, 3.63) is 63.7 Å². The van der Waals surface area contributed by atoms with Gasteiger partial charge < -0.3 is 14.8 Å². The van der Waals surface area contributed by atoms with E-state index < -0.39 is 10.8 Å². The average Bonchev–Trinajstić information content (AvgIpc) is 2.73. The van der Waals surface area contributed by atoms with Gasteiger partial charge in [0.25, 0.3) is 11.6 Å². The van der Waals surface area contributed by atoms with Crippen LogP contribution in [0.3, 0.4) is 0 Å². The maximum atomic E-state index is 12.5. The van der Waals surface area contributed by atoms with E-state index in [0.29, 0.717) is 30.3 Å². The van der Waals surface area contributed by atoms with Crippen molar-refractivity contribution in [2.45, 2.75) is 26.7 Å². The fourth-order valence-corrected chi connectivity index (χ4v) is 2.54. The second kappa shape index (κ2) is 11.2. The predicted octanol–water partition coefficient (Wildman–Crippen LogP) is 4.72. The molecular formula is C22H23N3O5. The van der Waals surface area contributed by atoms with Gasteiger partial charge in [-0.05, 0) is 43.2 Å². The molecule has 30 heavy (non-hydrogen) atoms. The highest BCUT2D eigenvalue weighted by atomic mass is 16.6. The average molecular weight is 409 g/mol. The summed E-state index contributed by atoms with van der Waals surface area (Å²) in [5.74, 6) is 0.458. The number of non-ortho nitro benzene ring substituents is 1. The van der Waals surface area contributed by atoms with Crippen molar-refractivity contribution in [1.29, 1.82) is 5.26 Å². The minimum Gasteiger partial charge on any atom is -0.490 e. The molecule has 0 aliphatic carbocycles. The largest absolute Gasteiger partial charge is 0.490 e. The second-order valence-corrected chi connectivity index (χ2v) is 6.27. The van der Waals surface area contributed by atoms with Crippen LogP contribution in [-0.4, -0.2) is 24.0 Å². The van der Waals surface area contributed by atoms with Crippen LogP contribution in [0.2, 0.25) is 0 Å². The normalized spacial score (nSPS) is 10.8. The lowest BCUT2D eigenvalue weighted by molar-refractivity contribution is -0.384. The van der Waals surface area contributed by atoms with Gasteiger partial charge in [0.1, 0.15) is 11.6 Å². The Kier molecular flexibility index (Phi) is 8.39. The minimum absolute atomic E-state index is 0.149. The Morgan fingerprint density at radius 1 is 1.20 bits per heavy atom. The molecule has 0 saturated heterocycles. The van der Waals surface area contributed by atoms with Gasteiger partial charge >= 0.3 is 0 Å². The number of carbonyl (C=O) groups is 1. The Labute approximate surface area is 174 Å². The van der Waals surface area contributed by atoms with E-state index in [1.165, 1.54) is 30.3 Å². The van der Waals surface area contributed by atoms with E-state index in [2.05, 4.69) is 12.2 Å². The number of amides is 1. The molecule has 0 bridgehead atoms. The van der Waals surface area contributed by atoms with Crippen molar-refractivity contribution in [2.75, 3.05) is 18.5 Å². The summed E-state index contributed by atoms with van der Waals surface area (Å²) >= 11 is 0. The van der Waals surface area contributed by atoms with Gasteiger partial charge in [-0.25, -0.2) is 0 Å². The number of unbranched alkanes of at least 4 members (excludes halogenated alkanes) is 1. The molecule has 0 radical (unpaired) electrons. The first-order chi connectivity index (χ1) is 14.5. The fraction of sp³-hybridized carbons (Fsp3) is 0.273. The van der Waals surface area contributed by atoms with E-state index in [0.717, 1.165) is 12.8 Å². The summed E-state index contributed by atoms with van der Waals surface area (Å²) in [5.41, 5.74) is 0.510. The van der Waals surface area contributed by atoms with Gasteiger partial charge in [-0.1, -0.05) is 25.5 Å². The van der Waals surface area contributed by atoms with Gasteiger partial charge in [-0.3, -0.25) is 14.9 Å². The highest BCUT2D eigenvalue weighted by molar-refractivity contribution is 6.09. The topological polar surface area (TPSA) is 114 Å². The van der Waals surface area contributed by atoms with Crippen molar-refractivity contribution in [2.24, 2.45) is 0 Å². The number of nitriles is 1. The number of nitro groups is 1. The number of nitro benzene ring substituents is 1. The number of nitrogens with zero attached hydrogens (tertiary/aromatic N) is 2. The second-order valence-electron chi connectivity index (χ2n) is 6.27. The number of hydrogen-bond donors (Lipinski definition) is 1. The summed E-state index contributed by atoms with van der Waals surface area (Å²) in [4.78, 5) is 22.8. The van der Waals surface area contributed by atoms with Gasteiger partial charge in [0.2, 0.25) is 0 Å². The van der Waals surface area contributed by atoms with Crippen molar-refractivity contribution in [3.63, 3.8) is 0 Å². The van der Waals surface area contributed by atoms with Crippen molar-refractivity contribution in [3.8, 4) is 17.6 Å². The SMILES string of the molecule is CCCCOc1ccc(/C=C(/C#N)C(=O)Nc2cccc([N+](=O)[O-])c2)cc1OCC. The Hall–Kier alpha value is -3.86. The third-order valence-electron chi connectivity index (χ3n) is 4.01. The molecule has 2 rings (SSSR count). The molecule has 1 amide bonds. The van der Waals surface area contributed by atoms with Crippen LogP contribution in [0.25, 0.3) is 6.08 Å². The molecule has 0 aromatic heterocycles. The van der Waals surface area contributed by atoms with Crippen LogP contribution in [0.1, 0.15) is 32.3 Å². The Morgan fingerprint density at radius 3 is 2.67 bits per heavy atom. The molecule has 156 valence electrons. The molecule has 0 aliphatic rings. The van der Waals surface area contributed by atoms with Crippen LogP contribution in [0.4, 0.5) is 11.4 Å². The molecule has 8 nitrogen and oxygen atoms in total. The standard InChI is InChI=1S/C22H23N3O5/c1-3-5-11-30-20-10-9-16(13-21(20)29-4-2)12-17(15-23)22(26)24-18-7-6-8-19(14-18)25(27)28/h6-10,12-14H,3-5,11H2,1-2H3,(H,24,26)/b17-12-. The van der Waals surface area contributed by atoms with Gasteiger partial charge in [-0.15, -0.1) is 0 Å². The maximum Gasteiger partial charge on any atom is 0.271 e. The molecule has 0 saturated carbocycles. The molecule has 2 aromatic carbocycles. The van der Waals surface area contributed by atoms with Crippen LogP contribution in [0, 0.1) is 21.4 Å². The highest BCUT2D eigenvalue weighted by Crippen LogP contribution is 2.29. The number of carbonyl (C=O) groups excluding carboxylic acids is 1. The molecule has 0 aliphatic heterocycles. The van der Waals surface area contributed by atoms with E-state index in [4.69, 9.17) is 9.47 Å². The Morgan fingerprint density at radius 2 is 2.00 bits per heavy atom. The van der Waals surface area contributed by atoms with Crippen molar-refractivity contribution >= 4 is 23.4 Å². The number of anilines is 1. The molecule has 0 unspecified atom stereocenters. The predicted molar refractivity (Wildman–Crippen MR) is 113 cm³/mol. The Bertz CT molecular complexity index is 979. The van der Waals surface area contributed by atoms with Crippen LogP contribution >= 0.6 is 0 Å². The zero-order chi connectivity index (χ0) is 21.9. The molecule has 0 atom stereocenters. The quantitative estimate of drug-likeness (QED) is 0.200. The van der Waals surface area contributed by atoms with E-state index in [-0.39, 0.29) is 16.9 Å². The van der Waals surface area contributed by atoms with Crippen molar-refractivity contribution < 1.29 is 19.2 Å². The first-order valence-electron chi connectivity index (χ1n) is 9.55. The highest BCUT2D eigenvalue weighted by Gasteiger charge is 2.13. The molecular weight excluding hydrogens is 386 g/mol. The van der Waals surface area contributed by atoms with Gasteiger partial charge in [0.05, 0.1) is 18.1 Å². The van der Waals surface area contributed by atoms with Crippen LogP contribution in [0.5, 0.6) is 11.5 Å². The number of nitrogens with one attached hydrogen (secondary N) is 1. The monoisotopic (exact) mass is 409 g/mol. The zero-order valence-corrected chi connectivity index (χ0v) is 16.9. The van der Waals surface area contributed by atoms with Gasteiger partial charge in [0.15, 0.2) is 11.5 Å². The first-order valence-corrected chi connectivity index (χ1v) is 9.55. The molecule has 0 heterocycles. The molecule has 8 heteroatoms. The third-order valence-corrected chi connectivity index (χ3v) is 4.01. The molecule has 0 fully saturated rings. The lowest BCUT2D eigenvalue weighted by Crippen LogP contribution is -2.13. The number of benzene rings is 2. The Balaban J connectivity index is 2.22. The van der Waals surface area contributed by atoms with E-state index in [1.807, 2.05) is 13.0 Å². The smallest absolute Gasteiger partial charge is 0.271 e. The number of hydrogen-bond acceptors (Lipinski definition) is 6. The van der Waals surface area contributed by atoms with E-state index in [9.17, 15) is 20.2 Å². The summed E-state index contributed by atoms with van der Waals surface area (Å²) in [7, 11) is 0. The molecule has 0 spiro atoms. The van der Waals surface area contributed by atoms with Gasteiger partial charge in [0, 0.05) is 17.8 Å². The van der Waals surface area contributed by atoms with E-state index in [1.54, 1.807) is 18.2 Å². The third kappa shape index (κ3) is 6.34. The van der Waals surface area contributed by atoms with Crippen LogP contribution < -0.4 is 14.8 Å². The van der Waals surface area contributed by atoms with Gasteiger partial charge in [-0.2, -0.15) is 5.26 Å². The number of rotatable bonds is 10. The van der Waals surface area contributed by atoms with Crippen LogP contribution in [0.15, 0.2) is 48.0 Å². The van der Waals surface area contributed by atoms with E-state index >= 15 is 0 Å². The fourth-order valence-electron chi connectivity index (χ4n) is 2.54. The molecule has 1 N–H and O–H groups in total. The summed E-state index contributed by atoms with van der Waals surface area (Å²) < 4.78 is 11.3. The number of ether oxygens (including phenoxy) is 2. The summed E-state index contributed by atoms with van der Waals surface area (Å²) in [5, 5.41) is 22.8. The summed E-state index contributed by atoms with van der Waals surface area (Å²) in [6.07, 6.45) is 3.35. The van der Waals surface area contributed by atoms with Crippen LogP contribution in [-0.2, 0) is 4.79 Å². The zero-order valence-electron chi connectivity index (χ0n) is 16.9. The molecule has 2 aromatic rings. The first kappa shape index (κ1) is 22.4.